The Labute approximate surface area is 83.2 Å². The normalized spacial score (nSPS) is 9.21. The lowest BCUT2D eigenvalue weighted by Gasteiger charge is -1.87. The smallest absolute Gasteiger partial charge is 0.384 e. The summed E-state index contributed by atoms with van der Waals surface area (Å²) >= 11 is 0. The molecule has 2 nitrogen and oxygen atoms in total. The summed E-state index contributed by atoms with van der Waals surface area (Å²) in [7, 11) is 1.30. The predicted octanol–water partition coefficient (Wildman–Crippen LogP) is 1.88. The van der Waals surface area contributed by atoms with Gasteiger partial charge in [0, 0.05) is 5.92 Å². The van der Waals surface area contributed by atoms with E-state index >= 15 is 0 Å². The van der Waals surface area contributed by atoms with E-state index in [0.29, 0.717) is 0 Å². The van der Waals surface area contributed by atoms with Gasteiger partial charge in [0.25, 0.3) is 0 Å². The van der Waals surface area contributed by atoms with E-state index in [1.165, 1.54) is 7.11 Å². The molecule has 1 rings (SSSR count). The van der Waals surface area contributed by atoms with E-state index in [-0.39, 0.29) is 0 Å². The number of ether oxygens (including phenoxy) is 1. The fraction of sp³-hybridized carbons (Fsp3) is 0.0833. The Kier molecular flexibility index (Phi) is 4.03. The molecule has 0 fully saturated rings. The molecule has 0 amide bonds. The fourth-order valence-electron chi connectivity index (χ4n) is 0.854. The lowest BCUT2D eigenvalue weighted by Crippen LogP contribution is -1.93. The molecule has 0 atom stereocenters. The molecule has 0 unspecified atom stereocenters. The van der Waals surface area contributed by atoms with Crippen LogP contribution in [0.3, 0.4) is 0 Å². The SMILES string of the molecule is COC(=O)C#C/C=C/c1ccccc1. The van der Waals surface area contributed by atoms with Crippen LogP contribution in [0.4, 0.5) is 0 Å². The fourth-order valence-corrected chi connectivity index (χ4v) is 0.854. The molecule has 0 heterocycles. The molecule has 0 saturated heterocycles. The van der Waals surface area contributed by atoms with E-state index in [1.54, 1.807) is 6.08 Å². The molecule has 0 bridgehead atoms. The minimum atomic E-state index is -0.525. The first-order valence-corrected chi connectivity index (χ1v) is 4.14. The second-order valence-electron chi connectivity index (χ2n) is 2.50. The zero-order chi connectivity index (χ0) is 10.2. The van der Waals surface area contributed by atoms with Gasteiger partial charge in [-0.05, 0) is 17.7 Å². The second-order valence-corrected chi connectivity index (χ2v) is 2.50. The molecular weight excluding hydrogens is 176 g/mol. The molecule has 70 valence electrons. The molecule has 0 spiro atoms. The lowest BCUT2D eigenvalue weighted by atomic mass is 10.2. The monoisotopic (exact) mass is 186 g/mol. The van der Waals surface area contributed by atoms with Gasteiger partial charge in [-0.1, -0.05) is 36.3 Å². The van der Waals surface area contributed by atoms with E-state index in [9.17, 15) is 4.79 Å². The van der Waals surface area contributed by atoms with Gasteiger partial charge in [-0.3, -0.25) is 0 Å². The van der Waals surface area contributed by atoms with Crippen molar-refractivity contribution >= 4 is 12.0 Å². The van der Waals surface area contributed by atoms with Gasteiger partial charge in [0.15, 0.2) is 0 Å². The van der Waals surface area contributed by atoms with Crippen LogP contribution in [0, 0.1) is 11.8 Å². The van der Waals surface area contributed by atoms with E-state index in [4.69, 9.17) is 0 Å². The summed E-state index contributed by atoms with van der Waals surface area (Å²) in [5.74, 6) is 4.36. The third kappa shape index (κ3) is 3.59. The summed E-state index contributed by atoms with van der Waals surface area (Å²) < 4.78 is 4.36. The van der Waals surface area contributed by atoms with E-state index in [1.807, 2.05) is 36.4 Å². The number of methoxy groups -OCH3 is 1. The first-order chi connectivity index (χ1) is 6.83. The van der Waals surface area contributed by atoms with Gasteiger partial charge >= 0.3 is 5.97 Å². The maximum atomic E-state index is 10.6. The third-order valence-corrected chi connectivity index (χ3v) is 1.52. The summed E-state index contributed by atoms with van der Waals surface area (Å²) in [5.41, 5.74) is 1.05. The quantitative estimate of drug-likeness (QED) is 0.380. The van der Waals surface area contributed by atoms with Crippen molar-refractivity contribution in [2.45, 2.75) is 0 Å². The Morgan fingerprint density at radius 2 is 2.07 bits per heavy atom. The molecule has 0 radical (unpaired) electrons. The number of hydrogen-bond acceptors (Lipinski definition) is 2. The van der Waals surface area contributed by atoms with Gasteiger partial charge in [0.05, 0.1) is 7.11 Å². The van der Waals surface area contributed by atoms with E-state index in [0.717, 1.165) is 5.56 Å². The topological polar surface area (TPSA) is 26.3 Å². The Balaban J connectivity index is 2.56. The van der Waals surface area contributed by atoms with Crippen molar-refractivity contribution in [1.82, 2.24) is 0 Å². The third-order valence-electron chi connectivity index (χ3n) is 1.52. The summed E-state index contributed by atoms with van der Waals surface area (Å²) in [6.07, 6.45) is 3.45. The van der Waals surface area contributed by atoms with Crippen LogP contribution in [-0.4, -0.2) is 13.1 Å². The summed E-state index contributed by atoms with van der Waals surface area (Å²) in [4.78, 5) is 10.6. The zero-order valence-corrected chi connectivity index (χ0v) is 7.86. The maximum absolute atomic E-state index is 10.6. The van der Waals surface area contributed by atoms with Crippen LogP contribution >= 0.6 is 0 Å². The number of carbonyl (C=O) groups excluding carboxylic acids is 1. The lowest BCUT2D eigenvalue weighted by molar-refractivity contribution is -0.133. The van der Waals surface area contributed by atoms with Gasteiger partial charge in [0.1, 0.15) is 0 Å². The number of esters is 1. The molecule has 0 N–H and O–H groups in total. The summed E-state index contributed by atoms with van der Waals surface area (Å²) in [6, 6.07) is 9.73. The largest absolute Gasteiger partial charge is 0.459 e. The average Bonchev–Trinajstić information content (AvgIpc) is 2.25. The van der Waals surface area contributed by atoms with E-state index < -0.39 is 5.97 Å². The minimum absolute atomic E-state index is 0.525. The Morgan fingerprint density at radius 1 is 1.36 bits per heavy atom. The predicted molar refractivity (Wildman–Crippen MR) is 55.3 cm³/mol. The van der Waals surface area contributed by atoms with E-state index in [2.05, 4.69) is 16.6 Å². The van der Waals surface area contributed by atoms with Gasteiger partial charge < -0.3 is 4.74 Å². The van der Waals surface area contributed by atoms with Gasteiger partial charge in [-0.2, -0.15) is 0 Å². The van der Waals surface area contributed by atoms with Crippen LogP contribution in [0.25, 0.3) is 6.08 Å². The first kappa shape index (κ1) is 10.1. The van der Waals surface area contributed by atoms with Crippen molar-refractivity contribution < 1.29 is 9.53 Å². The first-order valence-electron chi connectivity index (χ1n) is 4.14. The van der Waals surface area contributed by atoms with Crippen molar-refractivity contribution in [3.8, 4) is 11.8 Å². The molecule has 1 aromatic carbocycles. The molecule has 0 aromatic heterocycles. The van der Waals surface area contributed by atoms with Crippen molar-refractivity contribution in [2.75, 3.05) is 7.11 Å². The van der Waals surface area contributed by atoms with Gasteiger partial charge in [0.2, 0.25) is 0 Å². The molecule has 0 aliphatic heterocycles. The van der Waals surface area contributed by atoms with Crippen molar-refractivity contribution in [1.29, 1.82) is 0 Å². The van der Waals surface area contributed by atoms with Crippen LogP contribution in [0.1, 0.15) is 5.56 Å². The highest BCUT2D eigenvalue weighted by Crippen LogP contribution is 1.99. The molecule has 0 aliphatic rings. The Bertz CT molecular complexity index is 380. The molecule has 0 saturated carbocycles. The van der Waals surface area contributed by atoms with Crippen LogP contribution < -0.4 is 0 Å². The minimum Gasteiger partial charge on any atom is -0.459 e. The van der Waals surface area contributed by atoms with Gasteiger partial charge in [-0.15, -0.1) is 0 Å². The van der Waals surface area contributed by atoms with Crippen LogP contribution in [0.5, 0.6) is 0 Å². The van der Waals surface area contributed by atoms with Crippen LogP contribution in [0.2, 0.25) is 0 Å². The average molecular weight is 186 g/mol. The Hall–Kier alpha value is -2.01. The highest BCUT2D eigenvalue weighted by molar-refractivity contribution is 5.88. The molecule has 1 aromatic rings. The number of benzene rings is 1. The molecule has 0 aliphatic carbocycles. The van der Waals surface area contributed by atoms with Gasteiger partial charge in [-0.25, -0.2) is 4.79 Å². The van der Waals surface area contributed by atoms with Crippen molar-refractivity contribution in [3.05, 3.63) is 42.0 Å². The number of hydrogen-bond donors (Lipinski definition) is 0. The highest BCUT2D eigenvalue weighted by Gasteiger charge is 1.86. The summed E-state index contributed by atoms with van der Waals surface area (Å²) in [5, 5.41) is 0. The molecule has 14 heavy (non-hydrogen) atoms. The maximum Gasteiger partial charge on any atom is 0.384 e. The molecular formula is C12H10O2. The van der Waals surface area contributed by atoms with Crippen LogP contribution in [0.15, 0.2) is 36.4 Å². The standard InChI is InChI=1S/C12H10O2/c1-14-12(13)10-6-5-9-11-7-3-2-4-8-11/h2-5,7-9H,1H3/b9-5+. The second kappa shape index (κ2) is 5.60. The molecule has 2 heteroatoms. The number of allylic oxidation sites excluding steroid dienone is 1. The zero-order valence-electron chi connectivity index (χ0n) is 7.86. The number of rotatable bonds is 1. The van der Waals surface area contributed by atoms with Crippen molar-refractivity contribution in [3.63, 3.8) is 0 Å². The van der Waals surface area contributed by atoms with Crippen LogP contribution in [-0.2, 0) is 9.53 Å². The number of carbonyl (C=O) groups is 1. The Morgan fingerprint density at radius 3 is 2.71 bits per heavy atom. The summed E-state index contributed by atoms with van der Waals surface area (Å²) in [6.45, 7) is 0. The highest BCUT2D eigenvalue weighted by atomic mass is 16.5. The van der Waals surface area contributed by atoms with Crippen molar-refractivity contribution in [2.24, 2.45) is 0 Å².